The fourth-order valence-electron chi connectivity index (χ4n) is 7.78. The summed E-state index contributed by atoms with van der Waals surface area (Å²) < 4.78 is 96.3. The number of nitrogen functional groups attached to an aromatic ring is 3. The van der Waals surface area contributed by atoms with Crippen molar-refractivity contribution < 1.29 is 104 Å². The third kappa shape index (κ3) is 12.2. The fourth-order valence-corrected chi connectivity index (χ4v) is 12.8. The van der Waals surface area contributed by atoms with Gasteiger partial charge in [-0.05, 0) is 11.8 Å². The van der Waals surface area contributed by atoms with E-state index in [2.05, 4.69) is 53.0 Å². The van der Waals surface area contributed by atoms with E-state index in [9.17, 15) is 63.3 Å². The van der Waals surface area contributed by atoms with Gasteiger partial charge in [0.25, 0.3) is 17.1 Å². The number of aliphatic hydroxyl groups is 4. The smallest absolute Gasteiger partial charge is 0.394 e. The second-order valence-corrected chi connectivity index (χ2v) is 23.4. The van der Waals surface area contributed by atoms with E-state index in [1.54, 1.807) is 0 Å². The number of aryl methyl sites for hydroxylation is 1. The number of phosphoric acid groups is 3. The molecule has 2 aliphatic heterocycles. The quantitative estimate of drug-likeness (QED) is 0.0213. The second kappa shape index (κ2) is 22.0. The molecule has 0 radical (unpaired) electrons. The van der Waals surface area contributed by atoms with Crippen LogP contribution in [0.15, 0.2) is 34.9 Å². The van der Waals surface area contributed by atoms with E-state index in [0.29, 0.717) is 0 Å². The van der Waals surface area contributed by atoms with Gasteiger partial charge in [0, 0.05) is 7.11 Å². The maximum atomic E-state index is 13.2. The van der Waals surface area contributed by atoms with Crippen LogP contribution in [0, 0.1) is 0 Å². The maximum absolute atomic E-state index is 13.2. The van der Waals surface area contributed by atoms with Crippen molar-refractivity contribution in [1.82, 2.24) is 53.6 Å². The SMILES string of the molecule is COC1[C@@H](OP(O)(=S)OC[C@H]2O[C@@H](n3cnc4c(=O)[nH]c(N)nc43)C(O)[C@H]2O)[C@@H](COP(=O)(O)OP(=O)(O)OP(=O)(O)OC[C@H](CO)O[C@H](CO)[n+]2cn(C)c3c(=O)[nH]c(N)nc32)O[C@H]1n1cnc2c(N)ncnc21. The van der Waals surface area contributed by atoms with Gasteiger partial charge in [-0.2, -0.15) is 13.6 Å². The molecule has 0 aromatic carbocycles. The molecule has 8 rings (SSSR count). The average Bonchev–Trinajstić information content (AvgIpc) is 4.14. The number of aromatic amines is 2. The van der Waals surface area contributed by atoms with Gasteiger partial charge < -0.3 is 80.7 Å². The molecule has 0 saturated carbocycles. The standard InChI is InChI=1S/C32H45N15O23P4S/c1-44-11-47(26-18(44)28(53)43-32(35)41-26)15(4-49)65-12(3-48)5-62-71(54,55)69-73(58,59)70-72(56,57)63-7-14-21(22(61-2)30(67-14)45-9-38-16-23(33)36-8-37-24(16)45)68-74(60,75)64-6-13-19(50)20(51)29(66-13)46-10-39-17-25(46)40-31(34)42-27(17)52/h8-15,19-22,29-30,48-51H,3-7H2,1-2H3,(H11-,33,34,35,36,37,40,41,42,43,52,53,54,55,56,57,58,59,60,75)/p+1/t12-,13+,14+,15+,19-,20?,21-,22?,29+,30+,74?/m0/s1. The molecule has 2 fully saturated rings. The molecule has 6 unspecified atom stereocenters. The second-order valence-electron chi connectivity index (χ2n) is 16.0. The van der Waals surface area contributed by atoms with Crippen molar-refractivity contribution in [2.75, 3.05) is 57.3 Å². The van der Waals surface area contributed by atoms with Crippen LogP contribution in [0.4, 0.5) is 17.7 Å². The summed E-state index contributed by atoms with van der Waals surface area (Å²) >= 11 is 5.28. The number of nitrogens with two attached hydrogens (primary N) is 3. The summed E-state index contributed by atoms with van der Waals surface area (Å²) in [6.07, 6.45) is -10.9. The molecule has 6 aromatic heterocycles. The lowest BCUT2D eigenvalue weighted by Gasteiger charge is -2.28. The number of hydrogen-bond acceptors (Lipinski definition) is 29. The number of aliphatic hydroxyl groups excluding tert-OH is 4. The molecule has 16 N–H and O–H groups in total. The Labute approximate surface area is 421 Å². The Morgan fingerprint density at radius 1 is 0.787 bits per heavy atom. The highest BCUT2D eigenvalue weighted by Gasteiger charge is 2.52. The first kappa shape index (κ1) is 56.5. The number of imidazole rings is 3. The van der Waals surface area contributed by atoms with E-state index in [0.717, 1.165) is 28.9 Å². The number of fused-ring (bicyclic) bond motifs is 3. The first-order valence-corrected chi connectivity index (χ1v) is 28.2. The Hall–Kier alpha value is -4.73. The van der Waals surface area contributed by atoms with Gasteiger partial charge in [-0.15, -0.1) is 0 Å². The predicted molar refractivity (Wildman–Crippen MR) is 248 cm³/mol. The monoisotopic (exact) mass is 1160 g/mol. The highest BCUT2D eigenvalue weighted by atomic mass is 32.5. The van der Waals surface area contributed by atoms with Crippen LogP contribution in [0.5, 0.6) is 0 Å². The van der Waals surface area contributed by atoms with Crippen LogP contribution in [-0.4, -0.2) is 176 Å². The van der Waals surface area contributed by atoms with E-state index >= 15 is 0 Å². The van der Waals surface area contributed by atoms with Crippen LogP contribution in [0.25, 0.3) is 33.5 Å². The van der Waals surface area contributed by atoms with Crippen molar-refractivity contribution in [2.45, 2.75) is 61.4 Å². The molecule has 0 aliphatic carbocycles. The maximum Gasteiger partial charge on any atom is 0.490 e. The van der Waals surface area contributed by atoms with Gasteiger partial charge in [0.2, 0.25) is 17.7 Å². The first-order chi connectivity index (χ1) is 35.2. The lowest BCUT2D eigenvalue weighted by molar-refractivity contribution is -0.746. The minimum Gasteiger partial charge on any atom is -0.394 e. The summed E-state index contributed by atoms with van der Waals surface area (Å²) in [7, 11) is -15.3. The van der Waals surface area contributed by atoms with E-state index < -0.39 is 136 Å². The predicted octanol–water partition coefficient (Wildman–Crippen LogP) is -4.34. The van der Waals surface area contributed by atoms with E-state index in [1.165, 1.54) is 28.8 Å². The summed E-state index contributed by atoms with van der Waals surface area (Å²) in [5.41, 5.74) is 15.7. The summed E-state index contributed by atoms with van der Waals surface area (Å²) in [5, 5.41) is 41.8. The number of nitrogens with one attached hydrogen (secondary N) is 2. The topological polar surface area (TPSA) is 545 Å². The Bertz CT molecular complexity index is 3400. The number of hydrogen-bond donors (Lipinski definition) is 13. The van der Waals surface area contributed by atoms with Crippen molar-refractivity contribution >= 4 is 93.2 Å². The van der Waals surface area contributed by atoms with Gasteiger partial charge in [-0.1, -0.05) is 4.98 Å². The van der Waals surface area contributed by atoms with Crippen LogP contribution in [-0.2, 0) is 78.2 Å². The fraction of sp³-hybridized carbons (Fsp3) is 0.531. The molecule has 75 heavy (non-hydrogen) atoms. The van der Waals surface area contributed by atoms with Crippen LogP contribution < -0.4 is 32.9 Å². The molecule has 38 nitrogen and oxygen atoms in total. The van der Waals surface area contributed by atoms with Gasteiger partial charge in [-0.25, -0.2) is 38.2 Å². The van der Waals surface area contributed by atoms with Crippen LogP contribution in [0.3, 0.4) is 0 Å². The highest BCUT2D eigenvalue weighted by molar-refractivity contribution is 8.07. The third-order valence-corrected chi connectivity index (χ3v) is 16.8. The van der Waals surface area contributed by atoms with Crippen molar-refractivity contribution in [3.8, 4) is 0 Å². The van der Waals surface area contributed by atoms with Crippen LogP contribution in [0.2, 0.25) is 0 Å². The van der Waals surface area contributed by atoms with Gasteiger partial charge >= 0.3 is 35.8 Å². The van der Waals surface area contributed by atoms with E-state index in [4.69, 9.17) is 61.5 Å². The molecule has 14 atom stereocenters. The van der Waals surface area contributed by atoms with E-state index in [-0.39, 0.29) is 51.2 Å². The Balaban J connectivity index is 0.932. The molecule has 43 heteroatoms. The molecule has 2 saturated heterocycles. The minimum atomic E-state index is -6.16. The largest absolute Gasteiger partial charge is 0.490 e. The van der Waals surface area contributed by atoms with Crippen LogP contribution in [0.1, 0.15) is 18.7 Å². The molecular formula is C32H46N15O23P4S+. The Kier molecular flexibility index (Phi) is 16.5. The molecule has 8 heterocycles. The van der Waals surface area contributed by atoms with Crippen molar-refractivity contribution in [3.63, 3.8) is 0 Å². The lowest BCUT2D eigenvalue weighted by Crippen LogP contribution is -2.46. The molecule has 0 spiro atoms. The molecule has 0 bridgehead atoms. The zero-order valence-corrected chi connectivity index (χ0v) is 42.6. The number of phosphoric ester groups is 2. The average molecular weight is 1160 g/mol. The van der Waals surface area contributed by atoms with E-state index in [1.807, 2.05) is 0 Å². The Morgan fingerprint density at radius 2 is 1.41 bits per heavy atom. The number of rotatable bonds is 23. The van der Waals surface area contributed by atoms with Gasteiger partial charge in [0.05, 0.1) is 46.1 Å². The first-order valence-electron chi connectivity index (χ1n) is 21.1. The van der Waals surface area contributed by atoms with Gasteiger partial charge in [0.15, 0.2) is 41.4 Å². The number of anilines is 3. The summed E-state index contributed by atoms with van der Waals surface area (Å²) in [6, 6.07) is 0. The number of nitrogens with zero attached hydrogens (tertiary/aromatic N) is 10. The number of ether oxygens (including phenoxy) is 4. The minimum absolute atomic E-state index is 0.00761. The number of H-pyrrole nitrogens is 2. The molecule has 0 amide bonds. The van der Waals surface area contributed by atoms with Crippen molar-refractivity contribution in [1.29, 1.82) is 0 Å². The van der Waals surface area contributed by atoms with Crippen molar-refractivity contribution in [3.05, 3.63) is 46.0 Å². The van der Waals surface area contributed by atoms with Gasteiger partial charge in [0.1, 0.15) is 61.2 Å². The summed E-state index contributed by atoms with van der Waals surface area (Å²) in [4.78, 5) is 96.2. The molecule has 6 aromatic rings. The van der Waals surface area contributed by atoms with Gasteiger partial charge in [-0.3, -0.25) is 46.8 Å². The normalized spacial score (nSPS) is 26.3. The lowest BCUT2D eigenvalue weighted by atomic mass is 10.1. The van der Waals surface area contributed by atoms with Crippen molar-refractivity contribution in [2.24, 2.45) is 7.05 Å². The molecule has 412 valence electrons. The van der Waals surface area contributed by atoms with Crippen LogP contribution >= 0.6 is 30.2 Å². The zero-order valence-electron chi connectivity index (χ0n) is 38.2. The third-order valence-electron chi connectivity index (χ3n) is 11.0. The summed E-state index contributed by atoms with van der Waals surface area (Å²) in [5.74, 6) is -0.642. The number of methoxy groups -OCH3 is 1. The molecule has 2 aliphatic rings. The number of aromatic nitrogens is 12. The Morgan fingerprint density at radius 3 is 2.09 bits per heavy atom. The highest BCUT2D eigenvalue weighted by Crippen LogP contribution is 2.68. The summed E-state index contributed by atoms with van der Waals surface area (Å²) in [6.45, 7) is -9.49. The molecular weight excluding hydrogens is 1120 g/mol. The zero-order chi connectivity index (χ0) is 54.5.